The molecule has 7 heteroatoms. The van der Waals surface area contributed by atoms with Gasteiger partial charge in [0.2, 0.25) is 5.91 Å². The molecule has 3 heterocycles. The molecule has 0 aliphatic carbocycles. The topological polar surface area (TPSA) is 50.2 Å². The maximum Gasteiger partial charge on any atom is 0.239 e. The second-order valence-corrected chi connectivity index (χ2v) is 9.01. The molecule has 32 heavy (non-hydrogen) atoms. The Labute approximate surface area is 191 Å². The number of carbonyl (C=O) groups excluding carboxylic acids is 1. The minimum atomic E-state index is -0.317. The standard InChI is InChI=1S/C25H26ClFN4O/c26-20-6-4-19(21(27)14-20)15-31-16-29-22-7-5-18(13-24(22)31)17-8-11-30(12-9-17)25(32)23-3-1-2-10-28-23/h4-8,13-14,16,23,28H,1-3,9-12,15H2. The third kappa shape index (κ3) is 4.30. The number of benzene rings is 2. The Balaban J connectivity index is 1.34. The van der Waals surface area contributed by atoms with Crippen molar-refractivity contribution in [1.82, 2.24) is 19.8 Å². The molecule has 1 fully saturated rings. The van der Waals surface area contributed by atoms with Gasteiger partial charge in [0.15, 0.2) is 0 Å². The predicted molar refractivity (Wildman–Crippen MR) is 125 cm³/mol. The Hall–Kier alpha value is -2.70. The molecule has 5 rings (SSSR count). The van der Waals surface area contributed by atoms with Gasteiger partial charge >= 0.3 is 0 Å². The predicted octanol–water partition coefficient (Wildman–Crippen LogP) is 4.63. The molecule has 0 spiro atoms. The number of hydrogen-bond donors (Lipinski definition) is 1. The van der Waals surface area contributed by atoms with Crippen LogP contribution in [0.2, 0.25) is 5.02 Å². The van der Waals surface area contributed by atoms with E-state index < -0.39 is 0 Å². The molecule has 3 aromatic rings. The van der Waals surface area contributed by atoms with Crippen LogP contribution >= 0.6 is 11.6 Å². The zero-order valence-corrected chi connectivity index (χ0v) is 18.6. The van der Waals surface area contributed by atoms with Crippen molar-refractivity contribution in [3.63, 3.8) is 0 Å². The number of amides is 1. The smallest absolute Gasteiger partial charge is 0.239 e. The van der Waals surface area contributed by atoms with Gasteiger partial charge in [-0.15, -0.1) is 0 Å². The zero-order valence-electron chi connectivity index (χ0n) is 17.9. The molecule has 2 aliphatic heterocycles. The number of hydrogen-bond acceptors (Lipinski definition) is 3. The summed E-state index contributed by atoms with van der Waals surface area (Å²) in [6.45, 7) is 2.69. The number of imidazole rings is 1. The molecule has 1 unspecified atom stereocenters. The summed E-state index contributed by atoms with van der Waals surface area (Å²) in [4.78, 5) is 19.2. The number of nitrogens with one attached hydrogen (secondary N) is 1. The summed E-state index contributed by atoms with van der Waals surface area (Å²) in [5, 5.41) is 3.74. The molecule has 0 saturated carbocycles. The van der Waals surface area contributed by atoms with Crippen LogP contribution in [0, 0.1) is 5.82 Å². The van der Waals surface area contributed by atoms with Gasteiger partial charge in [-0.1, -0.05) is 36.2 Å². The number of piperidine rings is 1. The third-order valence-electron chi connectivity index (χ3n) is 6.48. The number of aromatic nitrogens is 2. The van der Waals surface area contributed by atoms with Crippen molar-refractivity contribution >= 4 is 34.1 Å². The van der Waals surface area contributed by atoms with Crippen LogP contribution in [0.5, 0.6) is 0 Å². The molecule has 1 atom stereocenters. The lowest BCUT2D eigenvalue weighted by atomic mass is 9.97. The van der Waals surface area contributed by atoms with E-state index in [2.05, 4.69) is 28.5 Å². The SMILES string of the molecule is O=C(C1CCCCN1)N1CC=C(c2ccc3ncn(Cc4ccc(Cl)cc4F)c3c2)CC1. The van der Waals surface area contributed by atoms with Crippen molar-refractivity contribution in [2.75, 3.05) is 19.6 Å². The van der Waals surface area contributed by atoms with E-state index in [4.69, 9.17) is 11.6 Å². The first-order chi connectivity index (χ1) is 15.6. The van der Waals surface area contributed by atoms with E-state index in [1.165, 1.54) is 11.6 Å². The Kier molecular flexibility index (Phi) is 5.98. The maximum atomic E-state index is 14.3. The summed E-state index contributed by atoms with van der Waals surface area (Å²) in [5.41, 5.74) is 4.76. The molecule has 1 amide bonds. The highest BCUT2D eigenvalue weighted by atomic mass is 35.5. The monoisotopic (exact) mass is 452 g/mol. The zero-order chi connectivity index (χ0) is 22.1. The first-order valence-electron chi connectivity index (χ1n) is 11.2. The Morgan fingerprint density at radius 2 is 2.12 bits per heavy atom. The van der Waals surface area contributed by atoms with Crippen LogP contribution in [-0.2, 0) is 11.3 Å². The summed E-state index contributed by atoms with van der Waals surface area (Å²) in [7, 11) is 0. The Morgan fingerprint density at radius 3 is 2.88 bits per heavy atom. The molecule has 2 aromatic carbocycles. The number of rotatable bonds is 4. The minimum Gasteiger partial charge on any atom is -0.337 e. The van der Waals surface area contributed by atoms with Gasteiger partial charge in [0.25, 0.3) is 0 Å². The van der Waals surface area contributed by atoms with Gasteiger partial charge in [-0.05, 0) is 61.2 Å². The first kappa shape index (κ1) is 21.2. The number of nitrogens with zero attached hydrogens (tertiary/aromatic N) is 3. The highest BCUT2D eigenvalue weighted by molar-refractivity contribution is 6.30. The fraction of sp³-hybridized carbons (Fsp3) is 0.360. The van der Waals surface area contributed by atoms with Gasteiger partial charge < -0.3 is 14.8 Å². The molecular formula is C25H26ClFN4O. The van der Waals surface area contributed by atoms with E-state index >= 15 is 0 Å². The molecular weight excluding hydrogens is 427 g/mol. The number of halogens is 2. The third-order valence-corrected chi connectivity index (χ3v) is 6.71. The molecule has 166 valence electrons. The highest BCUT2D eigenvalue weighted by Gasteiger charge is 2.26. The normalized spacial score (nSPS) is 19.2. The highest BCUT2D eigenvalue weighted by Crippen LogP contribution is 2.27. The first-order valence-corrected chi connectivity index (χ1v) is 11.6. The van der Waals surface area contributed by atoms with Gasteiger partial charge in [0.05, 0.1) is 29.9 Å². The van der Waals surface area contributed by atoms with Crippen molar-refractivity contribution in [3.8, 4) is 0 Å². The van der Waals surface area contributed by atoms with Crippen LogP contribution in [0.15, 0.2) is 48.8 Å². The maximum absolute atomic E-state index is 14.3. The number of carbonyl (C=O) groups is 1. The summed E-state index contributed by atoms with van der Waals surface area (Å²) < 4.78 is 16.2. The minimum absolute atomic E-state index is 0.0299. The lowest BCUT2D eigenvalue weighted by Gasteiger charge is -2.32. The second kappa shape index (κ2) is 9.04. The van der Waals surface area contributed by atoms with Crippen molar-refractivity contribution in [3.05, 3.63) is 70.8 Å². The summed E-state index contributed by atoms with van der Waals surface area (Å²) in [6.07, 6.45) is 7.93. The van der Waals surface area contributed by atoms with Crippen LogP contribution in [0.4, 0.5) is 4.39 Å². The molecule has 0 bridgehead atoms. The van der Waals surface area contributed by atoms with E-state index in [9.17, 15) is 9.18 Å². The summed E-state index contributed by atoms with van der Waals surface area (Å²) >= 11 is 5.88. The van der Waals surface area contributed by atoms with Crippen molar-refractivity contribution in [2.45, 2.75) is 38.3 Å². The second-order valence-electron chi connectivity index (χ2n) is 8.58. The van der Waals surface area contributed by atoms with Crippen molar-refractivity contribution in [2.24, 2.45) is 0 Å². The molecule has 1 N–H and O–H groups in total. The average molecular weight is 453 g/mol. The van der Waals surface area contributed by atoms with Crippen LogP contribution in [0.1, 0.15) is 36.8 Å². The van der Waals surface area contributed by atoms with Gasteiger partial charge in [-0.2, -0.15) is 0 Å². The van der Waals surface area contributed by atoms with Crippen LogP contribution in [0.25, 0.3) is 16.6 Å². The van der Waals surface area contributed by atoms with Gasteiger partial charge in [0.1, 0.15) is 5.82 Å². The molecule has 1 aromatic heterocycles. The molecule has 1 saturated heterocycles. The van der Waals surface area contributed by atoms with Gasteiger partial charge in [-0.25, -0.2) is 9.37 Å². The molecule has 5 nitrogen and oxygen atoms in total. The molecule has 0 radical (unpaired) electrons. The van der Waals surface area contributed by atoms with Crippen LogP contribution < -0.4 is 5.32 Å². The van der Waals surface area contributed by atoms with E-state index in [0.717, 1.165) is 55.4 Å². The fourth-order valence-electron chi connectivity index (χ4n) is 4.63. The van der Waals surface area contributed by atoms with E-state index in [-0.39, 0.29) is 17.8 Å². The summed E-state index contributed by atoms with van der Waals surface area (Å²) in [5.74, 6) is -0.0961. The summed E-state index contributed by atoms with van der Waals surface area (Å²) in [6, 6.07) is 10.9. The van der Waals surface area contributed by atoms with E-state index in [1.807, 2.05) is 15.5 Å². The van der Waals surface area contributed by atoms with Crippen LogP contribution in [-0.4, -0.2) is 46.0 Å². The number of fused-ring (bicyclic) bond motifs is 1. The van der Waals surface area contributed by atoms with Crippen molar-refractivity contribution in [1.29, 1.82) is 0 Å². The fourth-order valence-corrected chi connectivity index (χ4v) is 4.79. The van der Waals surface area contributed by atoms with Crippen LogP contribution in [0.3, 0.4) is 0 Å². The van der Waals surface area contributed by atoms with E-state index in [0.29, 0.717) is 23.7 Å². The van der Waals surface area contributed by atoms with Gasteiger partial charge in [-0.3, -0.25) is 4.79 Å². The lowest BCUT2D eigenvalue weighted by Crippen LogP contribution is -2.49. The van der Waals surface area contributed by atoms with Gasteiger partial charge in [0, 0.05) is 23.7 Å². The van der Waals surface area contributed by atoms with E-state index in [1.54, 1.807) is 18.5 Å². The average Bonchev–Trinajstić information content (AvgIpc) is 3.23. The Morgan fingerprint density at radius 1 is 1.22 bits per heavy atom. The quantitative estimate of drug-likeness (QED) is 0.627. The lowest BCUT2D eigenvalue weighted by molar-refractivity contribution is -0.133. The largest absolute Gasteiger partial charge is 0.337 e. The molecule has 2 aliphatic rings. The van der Waals surface area contributed by atoms with Crippen molar-refractivity contribution < 1.29 is 9.18 Å². The Bertz CT molecular complexity index is 1180.